The number of pyridine rings is 1. The molecule has 1 fully saturated rings. The van der Waals surface area contributed by atoms with Crippen LogP contribution in [0, 0.1) is 0 Å². The van der Waals surface area contributed by atoms with E-state index in [0.29, 0.717) is 32.0 Å². The van der Waals surface area contributed by atoms with E-state index in [4.69, 9.17) is 0 Å². The minimum Gasteiger partial charge on any atom is -0.321 e. The second kappa shape index (κ2) is 8.43. The van der Waals surface area contributed by atoms with Gasteiger partial charge in [-0.1, -0.05) is 30.3 Å². The molecule has 1 aromatic heterocycles. The van der Waals surface area contributed by atoms with Gasteiger partial charge in [-0.25, -0.2) is 9.99 Å². The van der Waals surface area contributed by atoms with Crippen LogP contribution in [0.4, 0.5) is 19.0 Å². The van der Waals surface area contributed by atoms with Gasteiger partial charge in [0.2, 0.25) is 0 Å². The Hall–Kier alpha value is -2.94. The molecule has 4 rings (SSSR count). The predicted octanol–water partition coefficient (Wildman–Crippen LogP) is 0.861. The number of hydrogen-bond donors (Lipinski definition) is 1. The Morgan fingerprint density at radius 3 is 2.43 bits per heavy atom. The van der Waals surface area contributed by atoms with E-state index < -0.39 is 11.7 Å². The van der Waals surface area contributed by atoms with Gasteiger partial charge in [0.25, 0.3) is 11.7 Å². The number of anilines is 1. The van der Waals surface area contributed by atoms with Crippen molar-refractivity contribution >= 4 is 17.4 Å². The molecule has 0 bridgehead atoms. The number of benzene rings is 1. The average molecular weight is 419 g/mol. The van der Waals surface area contributed by atoms with E-state index in [1.54, 1.807) is 5.01 Å². The summed E-state index contributed by atoms with van der Waals surface area (Å²) in [5.41, 5.74) is 1.28. The summed E-state index contributed by atoms with van der Waals surface area (Å²) in [6.45, 7) is 3.79. The average Bonchev–Trinajstić information content (AvgIpc) is 3.25. The summed E-state index contributed by atoms with van der Waals surface area (Å²) in [6, 6.07) is 12.4. The van der Waals surface area contributed by atoms with E-state index in [9.17, 15) is 18.0 Å². The fourth-order valence-corrected chi connectivity index (χ4v) is 3.81. The highest BCUT2D eigenvalue weighted by Crippen LogP contribution is 2.28. The lowest BCUT2D eigenvalue weighted by molar-refractivity contribution is -0.892. The van der Waals surface area contributed by atoms with Gasteiger partial charge in [-0.15, -0.1) is 0 Å². The highest BCUT2D eigenvalue weighted by atomic mass is 19.4. The molecule has 0 unspecified atom stereocenters. The molecule has 6 nitrogen and oxygen atoms in total. The number of amides is 1. The van der Waals surface area contributed by atoms with E-state index in [1.807, 2.05) is 35.2 Å². The molecule has 2 aliphatic heterocycles. The Kier molecular flexibility index (Phi) is 5.72. The fraction of sp³-hybridized carbons (Fsp3) is 0.381. The second-order valence-electron chi connectivity index (χ2n) is 7.55. The predicted molar refractivity (Wildman–Crippen MR) is 105 cm³/mol. The van der Waals surface area contributed by atoms with Crippen LogP contribution in [0.2, 0.25) is 0 Å². The number of piperazine rings is 1. The first-order valence-electron chi connectivity index (χ1n) is 10.0. The van der Waals surface area contributed by atoms with E-state index in [0.717, 1.165) is 47.9 Å². The first-order chi connectivity index (χ1) is 14.4. The van der Waals surface area contributed by atoms with Gasteiger partial charge in [-0.3, -0.25) is 9.69 Å². The van der Waals surface area contributed by atoms with Crippen molar-refractivity contribution in [2.75, 3.05) is 44.2 Å². The van der Waals surface area contributed by atoms with E-state index in [1.165, 1.54) is 6.07 Å². The molecular weight excluding hydrogens is 395 g/mol. The van der Waals surface area contributed by atoms with Gasteiger partial charge in [0.15, 0.2) is 6.54 Å². The Bertz CT molecular complexity index is 906. The highest BCUT2D eigenvalue weighted by Gasteiger charge is 2.33. The lowest BCUT2D eigenvalue weighted by Gasteiger charge is -2.28. The first kappa shape index (κ1) is 20.3. The number of carbonyl (C=O) groups is 1. The van der Waals surface area contributed by atoms with Gasteiger partial charge in [-0.2, -0.15) is 18.3 Å². The Morgan fingerprint density at radius 2 is 1.80 bits per heavy atom. The third-order valence-corrected chi connectivity index (χ3v) is 5.53. The molecular formula is C21H24F3N5O+2. The van der Waals surface area contributed by atoms with Crippen LogP contribution in [-0.4, -0.2) is 55.9 Å². The molecule has 2 aliphatic rings. The van der Waals surface area contributed by atoms with Crippen molar-refractivity contribution in [3.8, 4) is 0 Å². The van der Waals surface area contributed by atoms with E-state index in [-0.39, 0.29) is 5.91 Å². The van der Waals surface area contributed by atoms with Crippen LogP contribution in [-0.2, 0) is 11.0 Å². The number of hydrogen-bond acceptors (Lipinski definition) is 3. The van der Waals surface area contributed by atoms with Gasteiger partial charge < -0.3 is 4.90 Å². The third-order valence-electron chi connectivity index (χ3n) is 5.53. The van der Waals surface area contributed by atoms with Crippen LogP contribution >= 0.6 is 0 Å². The zero-order chi connectivity index (χ0) is 21.1. The molecule has 158 valence electrons. The standard InChI is InChI=1S/C21H22F3N5O/c22-21(23,24)17-6-7-19(25-14-17)28-12-10-27(11-13-28)15-20(30)29-9-8-18(26-29)16-4-2-1-3-5-16/h1-7,14H,8-13,15H2/p+2. The summed E-state index contributed by atoms with van der Waals surface area (Å²) in [4.78, 5) is 18.6. The lowest BCUT2D eigenvalue weighted by atomic mass is 10.1. The normalized spacial score (nSPS) is 17.9. The second-order valence-corrected chi connectivity index (χ2v) is 7.55. The molecule has 0 atom stereocenters. The van der Waals surface area contributed by atoms with Crippen molar-refractivity contribution in [2.45, 2.75) is 12.6 Å². The maximum absolute atomic E-state index is 12.7. The number of nitrogens with zero attached hydrogens (tertiary/aromatic N) is 3. The van der Waals surface area contributed by atoms with Gasteiger partial charge in [0.1, 0.15) is 32.4 Å². The number of H-pyrrole nitrogens is 1. The lowest BCUT2D eigenvalue weighted by Crippen LogP contribution is -3.15. The van der Waals surface area contributed by atoms with Crippen LogP contribution in [0.3, 0.4) is 0 Å². The highest BCUT2D eigenvalue weighted by molar-refractivity contribution is 6.02. The molecule has 2 aromatic rings. The Labute approximate surface area is 172 Å². The van der Waals surface area contributed by atoms with Crippen molar-refractivity contribution in [1.82, 2.24) is 5.01 Å². The van der Waals surface area contributed by atoms with E-state index >= 15 is 0 Å². The maximum atomic E-state index is 12.7. The minimum absolute atomic E-state index is 0.00507. The van der Waals surface area contributed by atoms with Crippen LogP contribution in [0.1, 0.15) is 17.5 Å². The summed E-state index contributed by atoms with van der Waals surface area (Å²) in [5, 5.41) is 6.05. The van der Waals surface area contributed by atoms with Crippen LogP contribution < -0.4 is 14.8 Å². The van der Waals surface area contributed by atoms with Gasteiger partial charge in [0.05, 0.1) is 17.8 Å². The van der Waals surface area contributed by atoms with Gasteiger partial charge >= 0.3 is 6.18 Å². The zero-order valence-electron chi connectivity index (χ0n) is 16.5. The number of aromatic nitrogens is 1. The SMILES string of the molecule is O=C(C[NH+]1CCN(c2ccc(C(F)(F)F)c[nH+]2)CC1)N1CCC(c2ccccc2)=N1. The molecule has 0 saturated carbocycles. The van der Waals surface area contributed by atoms with Crippen molar-refractivity contribution in [2.24, 2.45) is 5.10 Å². The van der Waals surface area contributed by atoms with Gasteiger partial charge in [0, 0.05) is 12.5 Å². The molecule has 30 heavy (non-hydrogen) atoms. The van der Waals surface area contributed by atoms with E-state index in [2.05, 4.69) is 10.1 Å². The summed E-state index contributed by atoms with van der Waals surface area (Å²) < 4.78 is 38.1. The molecule has 9 heteroatoms. The number of quaternary nitrogens is 1. The number of halogens is 3. The molecule has 0 radical (unpaired) electrons. The number of carbonyl (C=O) groups excluding carboxylic acids is 1. The van der Waals surface area contributed by atoms with Crippen molar-refractivity contribution in [1.29, 1.82) is 0 Å². The molecule has 1 amide bonds. The number of aromatic amines is 1. The van der Waals surface area contributed by atoms with Crippen LogP contribution in [0.5, 0.6) is 0 Å². The zero-order valence-corrected chi connectivity index (χ0v) is 16.5. The van der Waals surface area contributed by atoms with Crippen LogP contribution in [0.25, 0.3) is 0 Å². The summed E-state index contributed by atoms with van der Waals surface area (Å²) in [6.07, 6.45) is -2.60. The van der Waals surface area contributed by atoms with Crippen molar-refractivity contribution in [3.63, 3.8) is 0 Å². The summed E-state index contributed by atoms with van der Waals surface area (Å²) in [7, 11) is 0. The smallest absolute Gasteiger partial charge is 0.321 e. The molecule has 3 heterocycles. The molecule has 1 saturated heterocycles. The summed E-state index contributed by atoms with van der Waals surface area (Å²) in [5.74, 6) is 0.662. The number of hydrazone groups is 1. The Morgan fingerprint density at radius 1 is 1.07 bits per heavy atom. The molecule has 0 aliphatic carbocycles. The molecule has 2 N–H and O–H groups in total. The van der Waals surface area contributed by atoms with Crippen molar-refractivity contribution < 1.29 is 27.8 Å². The number of alkyl halides is 3. The van der Waals surface area contributed by atoms with Gasteiger partial charge in [-0.05, 0) is 11.6 Å². The summed E-state index contributed by atoms with van der Waals surface area (Å²) >= 11 is 0. The first-order valence-corrected chi connectivity index (χ1v) is 10.0. The minimum atomic E-state index is -4.35. The number of nitrogens with one attached hydrogen (secondary N) is 2. The third kappa shape index (κ3) is 4.62. The quantitative estimate of drug-likeness (QED) is 0.800. The largest absolute Gasteiger partial charge is 0.419 e. The topological polar surface area (TPSA) is 54.5 Å². The fourth-order valence-electron chi connectivity index (χ4n) is 3.81. The van der Waals surface area contributed by atoms with Crippen molar-refractivity contribution in [3.05, 3.63) is 59.8 Å². The monoisotopic (exact) mass is 419 g/mol. The number of rotatable bonds is 4. The molecule has 0 spiro atoms. The van der Waals surface area contributed by atoms with Crippen LogP contribution in [0.15, 0.2) is 53.8 Å². The molecule has 1 aromatic carbocycles. The Balaban J connectivity index is 1.29. The maximum Gasteiger partial charge on any atom is 0.419 e.